The number of carbonyl (C=O) groups is 1. The Morgan fingerprint density at radius 3 is 2.50 bits per heavy atom. The summed E-state index contributed by atoms with van der Waals surface area (Å²) in [5.41, 5.74) is 1.61. The Morgan fingerprint density at radius 1 is 1.00 bits per heavy atom. The topological polar surface area (TPSA) is 57.7 Å². The maximum Gasteiger partial charge on any atom is 0.343 e. The summed E-state index contributed by atoms with van der Waals surface area (Å²) in [6.45, 7) is -0.0334. The van der Waals surface area contributed by atoms with Gasteiger partial charge in [-0.25, -0.2) is 17.5 Å². The summed E-state index contributed by atoms with van der Waals surface area (Å²) >= 11 is 7.31. The number of hydrogen-bond donors (Lipinski definition) is 0. The average molecular weight is 405 g/mol. The Kier molecular flexibility index (Phi) is 4.22. The van der Waals surface area contributed by atoms with Gasteiger partial charge in [0, 0.05) is 15.8 Å². The van der Waals surface area contributed by atoms with Crippen LogP contribution in [0.15, 0.2) is 70.3 Å². The Hall–Kier alpha value is -2.35. The first-order chi connectivity index (χ1) is 12.5. The van der Waals surface area contributed by atoms with E-state index in [1.807, 2.05) is 6.07 Å². The van der Waals surface area contributed by atoms with E-state index < -0.39 is 16.1 Å². The van der Waals surface area contributed by atoms with E-state index in [2.05, 4.69) is 0 Å². The standard InChI is InChI=1S/C18H13ClN2O3S2/c19-14-7-4-8-15(9-14)21-16-11-25-12-17(16)26(23,24)20(18(21)22)10-13-5-2-1-3-6-13/h1-9,11-12H,10H2. The molecule has 0 unspecified atom stereocenters. The first kappa shape index (κ1) is 17.1. The van der Waals surface area contributed by atoms with Crippen LogP contribution in [0.5, 0.6) is 0 Å². The Morgan fingerprint density at radius 2 is 1.77 bits per heavy atom. The van der Waals surface area contributed by atoms with Crippen molar-refractivity contribution in [1.82, 2.24) is 4.31 Å². The van der Waals surface area contributed by atoms with Crippen molar-refractivity contribution in [2.45, 2.75) is 11.4 Å². The molecule has 132 valence electrons. The number of nitrogens with zero attached hydrogens (tertiary/aromatic N) is 2. The molecule has 1 aliphatic rings. The molecule has 26 heavy (non-hydrogen) atoms. The fraction of sp³-hybridized carbons (Fsp3) is 0.0556. The number of sulfonamides is 1. The monoisotopic (exact) mass is 404 g/mol. The van der Waals surface area contributed by atoms with Crippen LogP contribution in [-0.4, -0.2) is 18.8 Å². The highest BCUT2D eigenvalue weighted by molar-refractivity contribution is 7.90. The van der Waals surface area contributed by atoms with Crippen molar-refractivity contribution >= 4 is 50.4 Å². The minimum atomic E-state index is -3.92. The molecule has 0 spiro atoms. The van der Waals surface area contributed by atoms with Crippen molar-refractivity contribution in [2.24, 2.45) is 0 Å². The van der Waals surface area contributed by atoms with Crippen LogP contribution in [0.3, 0.4) is 0 Å². The smallest absolute Gasteiger partial charge is 0.260 e. The normalized spacial score (nSPS) is 15.8. The molecular formula is C18H13ClN2O3S2. The summed E-state index contributed by atoms with van der Waals surface area (Å²) in [4.78, 5) is 14.7. The van der Waals surface area contributed by atoms with Crippen molar-refractivity contribution in [3.05, 3.63) is 75.9 Å². The van der Waals surface area contributed by atoms with Crippen molar-refractivity contribution in [1.29, 1.82) is 0 Å². The van der Waals surface area contributed by atoms with Crippen LogP contribution in [0, 0.1) is 0 Å². The lowest BCUT2D eigenvalue weighted by Crippen LogP contribution is -2.47. The molecule has 2 aromatic carbocycles. The molecule has 4 rings (SSSR count). The second kappa shape index (κ2) is 6.42. The highest BCUT2D eigenvalue weighted by atomic mass is 35.5. The number of halogens is 1. The quantitative estimate of drug-likeness (QED) is 0.626. The van der Waals surface area contributed by atoms with Crippen molar-refractivity contribution in [3.63, 3.8) is 0 Å². The highest BCUT2D eigenvalue weighted by Crippen LogP contribution is 2.42. The molecule has 0 atom stereocenters. The van der Waals surface area contributed by atoms with Crippen LogP contribution >= 0.6 is 22.9 Å². The van der Waals surface area contributed by atoms with Crippen LogP contribution in [-0.2, 0) is 16.6 Å². The molecule has 3 aromatic rings. The summed E-state index contributed by atoms with van der Waals surface area (Å²) in [6.07, 6.45) is 0. The lowest BCUT2D eigenvalue weighted by molar-refractivity contribution is 0.229. The molecule has 2 heterocycles. The molecule has 8 heteroatoms. The number of carbonyl (C=O) groups excluding carboxylic acids is 1. The van der Waals surface area contributed by atoms with Gasteiger partial charge in [0.15, 0.2) is 0 Å². The fourth-order valence-corrected chi connectivity index (χ4v) is 5.68. The lowest BCUT2D eigenvalue weighted by Gasteiger charge is -2.34. The molecule has 0 saturated carbocycles. The zero-order valence-electron chi connectivity index (χ0n) is 13.4. The van der Waals surface area contributed by atoms with Gasteiger partial charge < -0.3 is 0 Å². The van der Waals surface area contributed by atoms with E-state index in [0.717, 1.165) is 9.87 Å². The Bertz CT molecular complexity index is 1080. The molecule has 0 radical (unpaired) electrons. The highest BCUT2D eigenvalue weighted by Gasteiger charge is 2.42. The van der Waals surface area contributed by atoms with Gasteiger partial charge in [-0.3, -0.25) is 4.90 Å². The SMILES string of the molecule is O=C1N(c2cccc(Cl)c2)c2cscc2S(=O)(=O)N1Cc1ccccc1. The first-order valence-corrected chi connectivity index (χ1v) is 10.5. The van der Waals surface area contributed by atoms with Crippen LogP contribution < -0.4 is 4.90 Å². The minimum Gasteiger partial charge on any atom is -0.260 e. The maximum absolute atomic E-state index is 13.2. The number of amides is 2. The van der Waals surface area contributed by atoms with Gasteiger partial charge in [-0.05, 0) is 23.8 Å². The fourth-order valence-electron chi connectivity index (χ4n) is 2.84. The van der Waals surface area contributed by atoms with E-state index in [9.17, 15) is 13.2 Å². The van der Waals surface area contributed by atoms with E-state index in [4.69, 9.17) is 11.6 Å². The number of rotatable bonds is 3. The summed E-state index contributed by atoms with van der Waals surface area (Å²) in [6, 6.07) is 15.2. The molecule has 2 amide bonds. The van der Waals surface area contributed by atoms with Crippen LogP contribution in [0.1, 0.15) is 5.56 Å². The van der Waals surface area contributed by atoms with Gasteiger partial charge in [0.05, 0.1) is 17.9 Å². The largest absolute Gasteiger partial charge is 0.343 e. The average Bonchev–Trinajstić information content (AvgIpc) is 3.10. The first-order valence-electron chi connectivity index (χ1n) is 7.71. The van der Waals surface area contributed by atoms with Crippen molar-refractivity contribution in [3.8, 4) is 0 Å². The number of fused-ring (bicyclic) bond motifs is 1. The Labute approximate surface area is 160 Å². The molecular weight excluding hydrogens is 392 g/mol. The van der Waals surface area contributed by atoms with Gasteiger partial charge in [-0.2, -0.15) is 0 Å². The van der Waals surface area contributed by atoms with Gasteiger partial charge in [-0.15, -0.1) is 11.3 Å². The predicted octanol–water partition coefficient (Wildman–Crippen LogP) is 4.86. The predicted molar refractivity (Wildman–Crippen MR) is 102 cm³/mol. The van der Waals surface area contributed by atoms with Crippen LogP contribution in [0.25, 0.3) is 0 Å². The summed E-state index contributed by atoms with van der Waals surface area (Å²) in [5.74, 6) is 0. The van der Waals surface area contributed by atoms with E-state index in [1.54, 1.807) is 59.3 Å². The second-order valence-corrected chi connectivity index (χ2v) is 8.73. The molecule has 0 aliphatic carbocycles. The number of benzene rings is 2. The second-order valence-electron chi connectivity index (χ2n) is 5.72. The summed E-state index contributed by atoms with van der Waals surface area (Å²) in [7, 11) is -3.92. The van der Waals surface area contributed by atoms with Gasteiger partial charge in [0.25, 0.3) is 10.0 Å². The molecule has 5 nitrogen and oxygen atoms in total. The van der Waals surface area contributed by atoms with Gasteiger partial charge in [0.1, 0.15) is 4.90 Å². The number of hydrogen-bond acceptors (Lipinski definition) is 4. The maximum atomic E-state index is 13.2. The van der Waals surface area contributed by atoms with Crippen molar-refractivity contribution in [2.75, 3.05) is 4.90 Å². The van der Waals surface area contributed by atoms with Crippen LogP contribution in [0.4, 0.5) is 16.2 Å². The van der Waals surface area contributed by atoms with E-state index in [1.165, 1.54) is 16.2 Å². The number of thiophene rings is 1. The zero-order valence-corrected chi connectivity index (χ0v) is 15.8. The number of urea groups is 1. The molecule has 1 aliphatic heterocycles. The van der Waals surface area contributed by atoms with Crippen LogP contribution in [0.2, 0.25) is 5.02 Å². The third-order valence-corrected chi connectivity index (χ3v) is 6.92. The molecule has 0 bridgehead atoms. The van der Waals surface area contributed by atoms with Gasteiger partial charge >= 0.3 is 6.03 Å². The van der Waals surface area contributed by atoms with Gasteiger partial charge in [0.2, 0.25) is 0 Å². The lowest BCUT2D eigenvalue weighted by atomic mass is 10.2. The number of anilines is 2. The molecule has 0 N–H and O–H groups in total. The van der Waals surface area contributed by atoms with E-state index >= 15 is 0 Å². The minimum absolute atomic E-state index is 0.0334. The third-order valence-electron chi connectivity index (χ3n) is 4.06. The molecule has 0 saturated heterocycles. The molecule has 0 fully saturated rings. The molecule has 1 aromatic heterocycles. The summed E-state index contributed by atoms with van der Waals surface area (Å²) < 4.78 is 26.9. The van der Waals surface area contributed by atoms with E-state index in [-0.39, 0.29) is 11.4 Å². The van der Waals surface area contributed by atoms with E-state index in [0.29, 0.717) is 16.4 Å². The summed E-state index contributed by atoms with van der Waals surface area (Å²) in [5, 5.41) is 3.67. The third kappa shape index (κ3) is 2.78. The van der Waals surface area contributed by atoms with Gasteiger partial charge in [-0.1, -0.05) is 48.0 Å². The zero-order chi connectivity index (χ0) is 18.3. The Balaban J connectivity index is 1.85. The van der Waals surface area contributed by atoms with Crippen molar-refractivity contribution < 1.29 is 13.2 Å².